The smallest absolute Gasteiger partial charge is 0.186 e. The third-order valence-corrected chi connectivity index (χ3v) is 4.41. The van der Waals surface area contributed by atoms with Crippen molar-refractivity contribution in [2.24, 2.45) is 0 Å². The molecule has 1 aliphatic carbocycles. The zero-order chi connectivity index (χ0) is 13.1. The minimum Gasteiger partial charge on any atom is -0.345 e. The largest absolute Gasteiger partial charge is 0.345 e. The van der Waals surface area contributed by atoms with Crippen molar-refractivity contribution in [2.75, 3.05) is 18.5 Å². The number of rotatable bonds is 7. The standard InChI is InChI=1S/C14H25N3S/c1-5-8-17(11-6-7-11)14-16-13(10(2)3)12(18-14)9-15-4/h10-11,15H,5-9H2,1-4H3. The molecule has 0 radical (unpaired) electrons. The molecule has 102 valence electrons. The van der Waals surface area contributed by atoms with Crippen LogP contribution in [0.1, 0.15) is 56.5 Å². The van der Waals surface area contributed by atoms with Crippen LogP contribution in [0.5, 0.6) is 0 Å². The highest BCUT2D eigenvalue weighted by Crippen LogP contribution is 2.37. The fourth-order valence-electron chi connectivity index (χ4n) is 2.27. The van der Waals surface area contributed by atoms with E-state index in [0.717, 1.165) is 19.1 Å². The third kappa shape index (κ3) is 3.04. The van der Waals surface area contributed by atoms with Crippen LogP contribution >= 0.6 is 11.3 Å². The van der Waals surface area contributed by atoms with Gasteiger partial charge in [0.15, 0.2) is 5.13 Å². The average Bonchev–Trinajstić information content (AvgIpc) is 3.07. The van der Waals surface area contributed by atoms with Gasteiger partial charge in [-0.3, -0.25) is 0 Å². The predicted octanol–water partition coefficient (Wildman–Crippen LogP) is 3.36. The van der Waals surface area contributed by atoms with Crippen molar-refractivity contribution in [2.45, 2.75) is 58.5 Å². The highest BCUT2D eigenvalue weighted by molar-refractivity contribution is 7.15. The van der Waals surface area contributed by atoms with Crippen molar-refractivity contribution >= 4 is 16.5 Å². The zero-order valence-electron chi connectivity index (χ0n) is 12.0. The Bertz CT molecular complexity index is 382. The highest BCUT2D eigenvalue weighted by Gasteiger charge is 2.31. The monoisotopic (exact) mass is 267 g/mol. The van der Waals surface area contributed by atoms with Crippen LogP contribution in [0.25, 0.3) is 0 Å². The lowest BCUT2D eigenvalue weighted by molar-refractivity contribution is 0.743. The van der Waals surface area contributed by atoms with E-state index >= 15 is 0 Å². The fraction of sp³-hybridized carbons (Fsp3) is 0.786. The van der Waals surface area contributed by atoms with Gasteiger partial charge in [-0.15, -0.1) is 11.3 Å². The molecule has 0 aromatic carbocycles. The van der Waals surface area contributed by atoms with E-state index in [1.165, 1.54) is 35.0 Å². The van der Waals surface area contributed by atoms with Crippen molar-refractivity contribution in [3.63, 3.8) is 0 Å². The first-order chi connectivity index (χ1) is 8.67. The highest BCUT2D eigenvalue weighted by atomic mass is 32.1. The summed E-state index contributed by atoms with van der Waals surface area (Å²) in [6.45, 7) is 8.81. The summed E-state index contributed by atoms with van der Waals surface area (Å²) in [5, 5.41) is 4.50. The zero-order valence-corrected chi connectivity index (χ0v) is 12.8. The Morgan fingerprint density at radius 3 is 2.67 bits per heavy atom. The van der Waals surface area contributed by atoms with Crippen molar-refractivity contribution < 1.29 is 0 Å². The van der Waals surface area contributed by atoms with Crippen molar-refractivity contribution in [1.82, 2.24) is 10.3 Å². The normalized spacial score (nSPS) is 15.4. The number of hydrogen-bond acceptors (Lipinski definition) is 4. The van der Waals surface area contributed by atoms with Crippen molar-refractivity contribution in [3.8, 4) is 0 Å². The summed E-state index contributed by atoms with van der Waals surface area (Å²) in [4.78, 5) is 8.84. The predicted molar refractivity (Wildman–Crippen MR) is 79.6 cm³/mol. The Kier molecular flexibility index (Phi) is 4.62. The van der Waals surface area contributed by atoms with Gasteiger partial charge < -0.3 is 10.2 Å². The molecule has 1 N–H and O–H groups in total. The Labute approximate surface area is 115 Å². The molecule has 1 saturated carbocycles. The molecular weight excluding hydrogens is 242 g/mol. The maximum absolute atomic E-state index is 4.91. The van der Waals surface area contributed by atoms with Gasteiger partial charge in [0, 0.05) is 24.0 Å². The van der Waals surface area contributed by atoms with E-state index in [1.54, 1.807) is 0 Å². The fourth-order valence-corrected chi connectivity index (χ4v) is 3.60. The van der Waals surface area contributed by atoms with E-state index < -0.39 is 0 Å². The summed E-state index contributed by atoms with van der Waals surface area (Å²) in [7, 11) is 2.01. The lowest BCUT2D eigenvalue weighted by Crippen LogP contribution is -2.26. The van der Waals surface area contributed by atoms with Gasteiger partial charge >= 0.3 is 0 Å². The Morgan fingerprint density at radius 2 is 2.17 bits per heavy atom. The van der Waals surface area contributed by atoms with E-state index in [-0.39, 0.29) is 0 Å². The van der Waals surface area contributed by atoms with Gasteiger partial charge in [0.05, 0.1) is 5.69 Å². The molecule has 1 heterocycles. The van der Waals surface area contributed by atoms with Crippen LogP contribution in [-0.4, -0.2) is 24.6 Å². The minimum absolute atomic E-state index is 0.515. The summed E-state index contributed by atoms with van der Waals surface area (Å²) < 4.78 is 0. The summed E-state index contributed by atoms with van der Waals surface area (Å²) >= 11 is 1.88. The first-order valence-corrected chi connectivity index (χ1v) is 7.89. The quantitative estimate of drug-likeness (QED) is 0.821. The van der Waals surface area contributed by atoms with E-state index in [9.17, 15) is 0 Å². The molecule has 1 fully saturated rings. The Hall–Kier alpha value is -0.610. The van der Waals surface area contributed by atoms with Crippen molar-refractivity contribution in [3.05, 3.63) is 10.6 Å². The lowest BCUT2D eigenvalue weighted by Gasteiger charge is -2.20. The second-order valence-corrected chi connectivity index (χ2v) is 6.48. The second kappa shape index (κ2) is 6.02. The second-order valence-electron chi connectivity index (χ2n) is 5.41. The molecule has 0 unspecified atom stereocenters. The topological polar surface area (TPSA) is 28.2 Å². The molecule has 1 aliphatic rings. The van der Waals surface area contributed by atoms with Gasteiger partial charge in [0.25, 0.3) is 0 Å². The SMILES string of the molecule is CCCN(c1nc(C(C)C)c(CNC)s1)C1CC1. The first-order valence-electron chi connectivity index (χ1n) is 7.08. The van der Waals surface area contributed by atoms with Gasteiger partial charge in [-0.05, 0) is 32.2 Å². The summed E-state index contributed by atoms with van der Waals surface area (Å²) in [6.07, 6.45) is 3.89. The molecule has 0 spiro atoms. The molecule has 0 atom stereocenters. The van der Waals surface area contributed by atoms with Crippen LogP contribution < -0.4 is 10.2 Å². The average molecular weight is 267 g/mol. The summed E-state index contributed by atoms with van der Waals surface area (Å²) in [5.74, 6) is 0.515. The van der Waals surface area contributed by atoms with Crippen LogP contribution in [0.4, 0.5) is 5.13 Å². The molecule has 1 aromatic rings. The van der Waals surface area contributed by atoms with Gasteiger partial charge in [0.1, 0.15) is 0 Å². The first kappa shape index (κ1) is 13.8. The van der Waals surface area contributed by atoms with E-state index in [0.29, 0.717) is 5.92 Å². The Balaban J connectivity index is 2.23. The van der Waals surface area contributed by atoms with Gasteiger partial charge in [-0.1, -0.05) is 20.8 Å². The Morgan fingerprint density at radius 1 is 1.44 bits per heavy atom. The summed E-state index contributed by atoms with van der Waals surface area (Å²) in [5.41, 5.74) is 1.28. The number of hydrogen-bond donors (Lipinski definition) is 1. The molecule has 0 amide bonds. The number of nitrogens with one attached hydrogen (secondary N) is 1. The third-order valence-electron chi connectivity index (χ3n) is 3.30. The van der Waals surface area contributed by atoms with E-state index in [2.05, 4.69) is 31.0 Å². The van der Waals surface area contributed by atoms with Crippen LogP contribution in [0, 0.1) is 0 Å². The number of thiazole rings is 1. The maximum atomic E-state index is 4.91. The molecule has 18 heavy (non-hydrogen) atoms. The molecule has 0 aliphatic heterocycles. The number of aromatic nitrogens is 1. The van der Waals surface area contributed by atoms with E-state index in [1.807, 2.05) is 18.4 Å². The molecule has 2 rings (SSSR count). The van der Waals surface area contributed by atoms with Crippen LogP contribution in [0.3, 0.4) is 0 Å². The number of anilines is 1. The molecule has 4 heteroatoms. The molecule has 0 bridgehead atoms. The van der Waals surface area contributed by atoms with Crippen LogP contribution in [0.15, 0.2) is 0 Å². The van der Waals surface area contributed by atoms with Gasteiger partial charge in [0.2, 0.25) is 0 Å². The molecular formula is C14H25N3S. The minimum atomic E-state index is 0.515. The molecule has 1 aromatic heterocycles. The lowest BCUT2D eigenvalue weighted by atomic mass is 10.1. The van der Waals surface area contributed by atoms with Crippen LogP contribution in [-0.2, 0) is 6.54 Å². The van der Waals surface area contributed by atoms with E-state index in [4.69, 9.17) is 4.98 Å². The number of nitrogens with zero attached hydrogens (tertiary/aromatic N) is 2. The summed E-state index contributed by atoms with van der Waals surface area (Å²) in [6, 6.07) is 0.763. The van der Waals surface area contributed by atoms with Gasteiger partial charge in [-0.25, -0.2) is 4.98 Å². The van der Waals surface area contributed by atoms with Gasteiger partial charge in [-0.2, -0.15) is 0 Å². The molecule has 3 nitrogen and oxygen atoms in total. The maximum Gasteiger partial charge on any atom is 0.186 e. The van der Waals surface area contributed by atoms with Crippen LogP contribution in [0.2, 0.25) is 0 Å². The molecule has 0 saturated heterocycles. The van der Waals surface area contributed by atoms with Crippen molar-refractivity contribution in [1.29, 1.82) is 0 Å².